The third kappa shape index (κ3) is 4.90. The molecule has 0 aromatic carbocycles. The summed E-state index contributed by atoms with van der Waals surface area (Å²) in [5.74, 6) is 3.92. The molecule has 0 saturated heterocycles. The molecule has 1 unspecified atom stereocenters. The summed E-state index contributed by atoms with van der Waals surface area (Å²) in [5.41, 5.74) is 0.00868. The fourth-order valence-electron chi connectivity index (χ4n) is 0.889. The van der Waals surface area contributed by atoms with Crippen LogP contribution in [0, 0.1) is 30.1 Å². The highest BCUT2D eigenvalue weighted by Crippen LogP contribution is 2.25. The summed E-state index contributed by atoms with van der Waals surface area (Å²) in [6.07, 6.45) is 18.2. The van der Waals surface area contributed by atoms with Gasteiger partial charge in [0.15, 0.2) is 0 Å². The van der Waals surface area contributed by atoms with Crippen molar-refractivity contribution >= 4 is 0 Å². The number of allylic oxidation sites excluding steroid dienone is 3. The van der Waals surface area contributed by atoms with Crippen LogP contribution in [0.25, 0.3) is 0 Å². The van der Waals surface area contributed by atoms with Gasteiger partial charge in [-0.25, -0.2) is 0 Å². The highest BCUT2D eigenvalue weighted by atomic mass is 16.3. The predicted octanol–water partition coefficient (Wildman–Crippen LogP) is 1.75. The molecule has 1 N–H and O–H groups in total. The molecule has 13 heavy (non-hydrogen) atoms. The number of hydrogen-bond donors (Lipinski definition) is 1. The number of hydrogen-bond acceptors (Lipinski definition) is 1. The number of rotatable bonds is 1. The minimum atomic E-state index is 0.00868. The van der Waals surface area contributed by atoms with Crippen LogP contribution >= 0.6 is 0 Å². The average molecular weight is 174 g/mol. The van der Waals surface area contributed by atoms with Gasteiger partial charge in [-0.2, -0.15) is 0 Å². The van der Waals surface area contributed by atoms with Gasteiger partial charge >= 0.3 is 0 Å². The average Bonchev–Trinajstić information content (AvgIpc) is 2.20. The first-order valence-electron chi connectivity index (χ1n) is 4.05. The Bertz CT molecular complexity index is 260. The van der Waals surface area contributed by atoms with E-state index in [1.807, 2.05) is 37.0 Å². The molecular weight excluding hydrogens is 160 g/mol. The quantitative estimate of drug-likeness (QED) is 0.600. The zero-order chi connectivity index (χ0) is 10.2. The maximum atomic E-state index is 8.87. The third-order valence-electron chi connectivity index (χ3n) is 1.77. The molecule has 1 rings (SSSR count). The zero-order valence-corrected chi connectivity index (χ0v) is 7.83. The van der Waals surface area contributed by atoms with Crippen LogP contribution in [0.1, 0.15) is 13.3 Å². The third-order valence-corrected chi connectivity index (χ3v) is 1.77. The molecule has 1 aliphatic rings. The fourth-order valence-corrected chi connectivity index (χ4v) is 0.889. The maximum absolute atomic E-state index is 8.87. The highest BCUT2D eigenvalue weighted by Gasteiger charge is 2.18. The maximum Gasteiger partial charge on any atom is 0.0522 e. The molecule has 1 aliphatic carbocycles. The summed E-state index contributed by atoms with van der Waals surface area (Å²) in [4.78, 5) is 0. The van der Waals surface area contributed by atoms with Crippen LogP contribution in [0.2, 0.25) is 0 Å². The minimum Gasteiger partial charge on any atom is -0.395 e. The lowest BCUT2D eigenvalue weighted by Crippen LogP contribution is -2.18. The van der Waals surface area contributed by atoms with Crippen molar-refractivity contribution in [2.45, 2.75) is 13.3 Å². The molecule has 1 atom stereocenters. The molecule has 0 amide bonds. The van der Waals surface area contributed by atoms with E-state index in [4.69, 9.17) is 5.11 Å². The van der Waals surface area contributed by atoms with E-state index < -0.39 is 0 Å². The van der Waals surface area contributed by atoms with Gasteiger partial charge in [0.25, 0.3) is 0 Å². The van der Waals surface area contributed by atoms with Crippen LogP contribution in [-0.4, -0.2) is 11.7 Å². The topological polar surface area (TPSA) is 20.2 Å². The van der Waals surface area contributed by atoms with E-state index in [2.05, 4.69) is 18.9 Å². The second kappa shape index (κ2) is 6.12. The summed E-state index contributed by atoms with van der Waals surface area (Å²) in [5, 5.41) is 8.87. The largest absolute Gasteiger partial charge is 0.395 e. The molecule has 1 nitrogen and oxygen atoms in total. The van der Waals surface area contributed by atoms with Crippen LogP contribution in [0.4, 0.5) is 0 Å². The van der Waals surface area contributed by atoms with Gasteiger partial charge in [-0.05, 0) is 18.3 Å². The van der Waals surface area contributed by atoms with Crippen LogP contribution in [0.3, 0.4) is 0 Å². The van der Waals surface area contributed by atoms with Gasteiger partial charge in [0.1, 0.15) is 0 Å². The van der Waals surface area contributed by atoms with E-state index >= 15 is 0 Å². The normalized spacial score (nSPS) is 23.7. The molecule has 0 bridgehead atoms. The van der Waals surface area contributed by atoms with Gasteiger partial charge in [-0.3, -0.25) is 0 Å². The van der Waals surface area contributed by atoms with Crippen LogP contribution < -0.4 is 0 Å². The first-order chi connectivity index (χ1) is 6.18. The van der Waals surface area contributed by atoms with E-state index in [1.165, 1.54) is 0 Å². The van der Waals surface area contributed by atoms with Crippen molar-refractivity contribution in [3.05, 3.63) is 24.3 Å². The molecule has 1 heteroatoms. The molecule has 0 aromatic rings. The molecule has 0 spiro atoms. The van der Waals surface area contributed by atoms with E-state index in [9.17, 15) is 0 Å². The van der Waals surface area contributed by atoms with Crippen molar-refractivity contribution in [1.29, 1.82) is 0 Å². The van der Waals surface area contributed by atoms with Crippen molar-refractivity contribution < 1.29 is 5.11 Å². The zero-order valence-electron chi connectivity index (χ0n) is 7.83. The number of aliphatic hydroxyl groups is 1. The van der Waals surface area contributed by atoms with Crippen LogP contribution in [0.5, 0.6) is 0 Å². The summed E-state index contributed by atoms with van der Waals surface area (Å²) in [6.45, 7) is 2.29. The standard InChI is InChI=1S/C8H12O.C4H2/c1-8(7-9)5-3-2-4-6-8;1-3-4-2/h2-5,9H,6-7H2,1H3;1-2H. The van der Waals surface area contributed by atoms with Gasteiger partial charge in [0.05, 0.1) is 6.61 Å². The Kier molecular flexibility index (Phi) is 5.44. The molecule has 0 heterocycles. The predicted molar refractivity (Wildman–Crippen MR) is 55.8 cm³/mol. The van der Waals surface area contributed by atoms with Gasteiger partial charge in [-0.15, -0.1) is 12.8 Å². The Morgan fingerprint density at radius 1 is 1.38 bits per heavy atom. The summed E-state index contributed by atoms with van der Waals surface area (Å²) in [6, 6.07) is 0. The molecule has 0 aromatic heterocycles. The van der Waals surface area contributed by atoms with Crippen molar-refractivity contribution in [1.82, 2.24) is 0 Å². The first-order valence-corrected chi connectivity index (χ1v) is 4.05. The van der Waals surface area contributed by atoms with E-state index in [1.54, 1.807) is 0 Å². The number of aliphatic hydroxyl groups excluding tert-OH is 1. The van der Waals surface area contributed by atoms with E-state index in [-0.39, 0.29) is 12.0 Å². The first kappa shape index (κ1) is 11.6. The summed E-state index contributed by atoms with van der Waals surface area (Å²) < 4.78 is 0. The summed E-state index contributed by atoms with van der Waals surface area (Å²) >= 11 is 0. The van der Waals surface area contributed by atoms with Crippen molar-refractivity contribution in [2.24, 2.45) is 5.41 Å². The van der Waals surface area contributed by atoms with Gasteiger partial charge in [-0.1, -0.05) is 31.2 Å². The van der Waals surface area contributed by atoms with Crippen molar-refractivity contribution in [3.63, 3.8) is 0 Å². The van der Waals surface area contributed by atoms with E-state index in [0.717, 1.165) is 6.42 Å². The lowest BCUT2D eigenvalue weighted by atomic mass is 9.85. The van der Waals surface area contributed by atoms with Crippen molar-refractivity contribution in [2.75, 3.05) is 6.61 Å². The Labute approximate surface area is 80.2 Å². The molecule has 0 aliphatic heterocycles. The Morgan fingerprint density at radius 2 is 2.00 bits per heavy atom. The van der Waals surface area contributed by atoms with Crippen LogP contribution in [-0.2, 0) is 0 Å². The SMILES string of the molecule is C#CC#C.CC1(CO)C=CC=CC1. The lowest BCUT2D eigenvalue weighted by molar-refractivity contribution is 0.185. The molecule has 0 fully saturated rings. The second-order valence-electron chi connectivity index (χ2n) is 3.09. The molecular formula is C12H14O. The van der Waals surface area contributed by atoms with Gasteiger partial charge in [0, 0.05) is 5.41 Å². The highest BCUT2D eigenvalue weighted by molar-refractivity contribution is 5.16. The monoisotopic (exact) mass is 174 g/mol. The van der Waals surface area contributed by atoms with Gasteiger partial charge < -0.3 is 5.11 Å². The number of terminal acetylenes is 2. The van der Waals surface area contributed by atoms with Gasteiger partial charge in [0.2, 0.25) is 0 Å². The Balaban J connectivity index is 0.000000310. The molecule has 0 radical (unpaired) electrons. The Hall–Kier alpha value is -1.44. The van der Waals surface area contributed by atoms with Crippen molar-refractivity contribution in [3.8, 4) is 24.7 Å². The second-order valence-corrected chi connectivity index (χ2v) is 3.09. The van der Waals surface area contributed by atoms with Crippen LogP contribution in [0.15, 0.2) is 24.3 Å². The molecule has 68 valence electrons. The summed E-state index contributed by atoms with van der Waals surface area (Å²) in [7, 11) is 0. The lowest BCUT2D eigenvalue weighted by Gasteiger charge is -2.22. The van der Waals surface area contributed by atoms with E-state index in [0.29, 0.717) is 0 Å². The fraction of sp³-hybridized carbons (Fsp3) is 0.333. The smallest absolute Gasteiger partial charge is 0.0522 e. The Morgan fingerprint density at radius 3 is 2.23 bits per heavy atom. The minimum absolute atomic E-state index is 0.00868. The molecule has 0 saturated carbocycles.